The van der Waals surface area contributed by atoms with Crippen LogP contribution in [-0.4, -0.2) is 31.3 Å². The Hall–Kier alpha value is -2.52. The van der Waals surface area contributed by atoms with Gasteiger partial charge in [0.15, 0.2) is 5.16 Å². The summed E-state index contributed by atoms with van der Waals surface area (Å²) in [4.78, 5) is 31.4. The van der Waals surface area contributed by atoms with Crippen molar-refractivity contribution in [1.29, 1.82) is 0 Å². The van der Waals surface area contributed by atoms with E-state index in [9.17, 15) is 9.59 Å². The van der Waals surface area contributed by atoms with Gasteiger partial charge in [0.1, 0.15) is 5.01 Å². The van der Waals surface area contributed by atoms with Crippen LogP contribution < -0.4 is 10.9 Å². The third kappa shape index (κ3) is 4.55. The number of aromatic nitrogens is 4. The van der Waals surface area contributed by atoms with Crippen LogP contribution in [0.4, 0.5) is 5.13 Å². The van der Waals surface area contributed by atoms with E-state index >= 15 is 0 Å². The Balaban J connectivity index is 1.72. The second-order valence-electron chi connectivity index (χ2n) is 5.41. The quantitative estimate of drug-likeness (QED) is 0.498. The maximum atomic E-state index is 12.3. The van der Waals surface area contributed by atoms with Crippen molar-refractivity contribution in [2.45, 2.75) is 30.7 Å². The van der Waals surface area contributed by atoms with Gasteiger partial charge in [-0.25, -0.2) is 4.98 Å². The van der Waals surface area contributed by atoms with E-state index in [1.165, 1.54) is 29.2 Å². The lowest BCUT2D eigenvalue weighted by Gasteiger charge is -2.10. The average Bonchev–Trinajstić information content (AvgIpc) is 3.09. The molecule has 3 aromatic rings. The lowest BCUT2D eigenvalue weighted by molar-refractivity contribution is -0.115. The number of aryl methyl sites for hydroxylation is 1. The minimum atomic E-state index is -0.460. The van der Waals surface area contributed by atoms with Gasteiger partial charge in [0.25, 0.3) is 5.56 Å². The summed E-state index contributed by atoms with van der Waals surface area (Å²) in [5.74, 6) is -0.221. The molecule has 134 valence electrons. The standard InChI is InChI=1S/C17H17N5O2S2/c1-3-14-21-22-17(26-14)20-15(24)10(2)25-16-18-12(9-13(23)19-16)11-7-5-4-6-8-11/h4-10H,3H2,1-2H3,(H,18,19,23)(H,20,22,24)/t10-/m1/s1. The molecule has 1 amide bonds. The Morgan fingerprint density at radius 2 is 2.08 bits per heavy atom. The summed E-state index contributed by atoms with van der Waals surface area (Å²) in [7, 11) is 0. The molecule has 1 aromatic carbocycles. The van der Waals surface area contributed by atoms with Crippen LogP contribution in [0.2, 0.25) is 0 Å². The molecule has 0 radical (unpaired) electrons. The summed E-state index contributed by atoms with van der Waals surface area (Å²) in [6, 6.07) is 10.9. The van der Waals surface area contributed by atoms with Crippen molar-refractivity contribution in [1.82, 2.24) is 20.2 Å². The fourth-order valence-corrected chi connectivity index (χ4v) is 3.62. The normalized spacial score (nSPS) is 11.9. The molecule has 3 rings (SSSR count). The number of anilines is 1. The van der Waals surface area contributed by atoms with Crippen molar-refractivity contribution >= 4 is 34.1 Å². The van der Waals surface area contributed by atoms with Gasteiger partial charge in [-0.1, -0.05) is 60.4 Å². The summed E-state index contributed by atoms with van der Waals surface area (Å²) in [6.45, 7) is 3.73. The van der Waals surface area contributed by atoms with Crippen LogP contribution in [0.5, 0.6) is 0 Å². The van der Waals surface area contributed by atoms with Crippen molar-refractivity contribution in [2.75, 3.05) is 5.32 Å². The summed E-state index contributed by atoms with van der Waals surface area (Å²) in [6.07, 6.45) is 0.773. The lowest BCUT2D eigenvalue weighted by atomic mass is 10.1. The Bertz CT molecular complexity index is 955. The van der Waals surface area contributed by atoms with E-state index in [4.69, 9.17) is 0 Å². The molecular formula is C17H17N5O2S2. The molecule has 0 unspecified atom stereocenters. The molecule has 0 saturated carbocycles. The van der Waals surface area contributed by atoms with E-state index < -0.39 is 5.25 Å². The smallest absolute Gasteiger partial charge is 0.252 e. The van der Waals surface area contributed by atoms with Crippen LogP contribution in [-0.2, 0) is 11.2 Å². The highest BCUT2D eigenvalue weighted by molar-refractivity contribution is 8.00. The number of hydrogen-bond donors (Lipinski definition) is 2. The predicted molar refractivity (Wildman–Crippen MR) is 104 cm³/mol. The first kappa shape index (κ1) is 18.3. The maximum Gasteiger partial charge on any atom is 0.252 e. The second kappa shape index (κ2) is 8.24. The minimum Gasteiger partial charge on any atom is -0.301 e. The lowest BCUT2D eigenvalue weighted by Crippen LogP contribution is -2.23. The number of hydrogen-bond acceptors (Lipinski definition) is 7. The van der Waals surface area contributed by atoms with Gasteiger partial charge >= 0.3 is 0 Å². The highest BCUT2D eigenvalue weighted by Crippen LogP contribution is 2.23. The van der Waals surface area contributed by atoms with Gasteiger partial charge in [-0.3, -0.25) is 14.9 Å². The van der Waals surface area contributed by atoms with Crippen molar-refractivity contribution in [3.63, 3.8) is 0 Å². The number of carbonyl (C=O) groups excluding carboxylic acids is 1. The Kier molecular flexibility index (Phi) is 5.79. The number of amides is 1. The SMILES string of the molecule is CCc1nnc(NC(=O)[C@@H](C)Sc2nc(-c3ccccc3)cc(=O)[nH]2)s1. The van der Waals surface area contributed by atoms with Crippen LogP contribution >= 0.6 is 23.1 Å². The fraction of sp³-hybridized carbons (Fsp3) is 0.235. The number of nitrogens with zero attached hydrogens (tertiary/aromatic N) is 3. The minimum absolute atomic E-state index is 0.221. The first-order chi connectivity index (χ1) is 12.5. The monoisotopic (exact) mass is 387 g/mol. The number of aromatic amines is 1. The number of benzene rings is 1. The van der Waals surface area contributed by atoms with Gasteiger partial charge in [-0.15, -0.1) is 10.2 Å². The molecule has 2 N–H and O–H groups in total. The summed E-state index contributed by atoms with van der Waals surface area (Å²) in [5.41, 5.74) is 1.16. The molecule has 0 bridgehead atoms. The van der Waals surface area contributed by atoms with Gasteiger partial charge < -0.3 is 4.98 Å². The molecule has 0 aliphatic heterocycles. The zero-order valence-electron chi connectivity index (χ0n) is 14.2. The van der Waals surface area contributed by atoms with Crippen LogP contribution in [0.15, 0.2) is 46.3 Å². The van der Waals surface area contributed by atoms with E-state index in [0.29, 0.717) is 16.0 Å². The zero-order chi connectivity index (χ0) is 18.5. The molecular weight excluding hydrogens is 370 g/mol. The maximum absolute atomic E-state index is 12.3. The molecule has 0 aliphatic carbocycles. The molecule has 0 aliphatic rings. The van der Waals surface area contributed by atoms with Crippen molar-refractivity contribution < 1.29 is 4.79 Å². The highest BCUT2D eigenvalue weighted by atomic mass is 32.2. The molecule has 0 spiro atoms. The largest absolute Gasteiger partial charge is 0.301 e. The van der Waals surface area contributed by atoms with Gasteiger partial charge in [-0.2, -0.15) is 0 Å². The van der Waals surface area contributed by atoms with Gasteiger partial charge in [0.05, 0.1) is 10.9 Å². The van der Waals surface area contributed by atoms with Crippen molar-refractivity contribution in [2.24, 2.45) is 0 Å². The predicted octanol–water partition coefficient (Wildman–Crippen LogP) is 2.97. The Morgan fingerprint density at radius 3 is 2.77 bits per heavy atom. The zero-order valence-corrected chi connectivity index (χ0v) is 15.9. The molecule has 9 heteroatoms. The number of carbonyl (C=O) groups is 1. The van der Waals surface area contributed by atoms with Crippen LogP contribution in [0.1, 0.15) is 18.9 Å². The van der Waals surface area contributed by atoms with Crippen molar-refractivity contribution in [3.05, 3.63) is 51.8 Å². The molecule has 1 atom stereocenters. The van der Waals surface area contributed by atoms with Gasteiger partial charge in [-0.05, 0) is 13.3 Å². The average molecular weight is 387 g/mol. The Morgan fingerprint density at radius 1 is 1.31 bits per heavy atom. The Labute approximate surface area is 158 Å². The molecule has 7 nitrogen and oxygen atoms in total. The second-order valence-corrected chi connectivity index (χ2v) is 7.80. The molecule has 0 saturated heterocycles. The highest BCUT2D eigenvalue weighted by Gasteiger charge is 2.18. The van der Waals surface area contributed by atoms with Gasteiger partial charge in [0.2, 0.25) is 11.0 Å². The van der Waals surface area contributed by atoms with E-state index in [2.05, 4.69) is 25.5 Å². The number of rotatable bonds is 6. The van der Waals surface area contributed by atoms with E-state index in [-0.39, 0.29) is 11.5 Å². The molecule has 2 heterocycles. The van der Waals surface area contributed by atoms with E-state index in [0.717, 1.165) is 17.0 Å². The van der Waals surface area contributed by atoms with E-state index in [1.54, 1.807) is 6.92 Å². The summed E-state index contributed by atoms with van der Waals surface area (Å²) >= 11 is 2.53. The third-order valence-corrected chi connectivity index (χ3v) is 5.41. The van der Waals surface area contributed by atoms with Crippen LogP contribution in [0.3, 0.4) is 0 Å². The summed E-state index contributed by atoms with van der Waals surface area (Å²) < 4.78 is 0. The number of H-pyrrole nitrogens is 1. The molecule has 0 fully saturated rings. The van der Waals surface area contributed by atoms with Crippen molar-refractivity contribution in [3.8, 4) is 11.3 Å². The number of nitrogens with one attached hydrogen (secondary N) is 2. The topological polar surface area (TPSA) is 101 Å². The third-order valence-electron chi connectivity index (χ3n) is 3.45. The van der Waals surface area contributed by atoms with Gasteiger partial charge in [0, 0.05) is 11.6 Å². The number of thioether (sulfide) groups is 1. The molecule has 2 aromatic heterocycles. The first-order valence-corrected chi connectivity index (χ1v) is 9.71. The van der Waals surface area contributed by atoms with E-state index in [1.807, 2.05) is 37.3 Å². The fourth-order valence-electron chi connectivity index (χ4n) is 2.12. The van der Waals surface area contributed by atoms with Crippen LogP contribution in [0.25, 0.3) is 11.3 Å². The van der Waals surface area contributed by atoms with Crippen LogP contribution in [0, 0.1) is 0 Å². The summed E-state index contributed by atoms with van der Waals surface area (Å²) in [5, 5.41) is 11.9. The molecule has 26 heavy (non-hydrogen) atoms. The first-order valence-electron chi connectivity index (χ1n) is 8.02.